The molecule has 154 valence electrons. The van der Waals surface area contributed by atoms with Gasteiger partial charge in [0.05, 0.1) is 18.1 Å². The maximum atomic E-state index is 12.4. The van der Waals surface area contributed by atoms with Gasteiger partial charge in [-0.15, -0.1) is 0 Å². The molecular formula is C23H18N4O4. The van der Waals surface area contributed by atoms with E-state index in [9.17, 15) is 14.7 Å². The van der Waals surface area contributed by atoms with E-state index in [0.717, 1.165) is 22.3 Å². The van der Waals surface area contributed by atoms with Crippen molar-refractivity contribution in [2.24, 2.45) is 0 Å². The van der Waals surface area contributed by atoms with Crippen LogP contribution >= 0.6 is 0 Å². The molecule has 0 fully saturated rings. The number of carboxylic acids is 1. The number of hydrogen-bond acceptors (Lipinski definition) is 6. The fourth-order valence-corrected chi connectivity index (χ4v) is 3.71. The zero-order chi connectivity index (χ0) is 21.8. The number of carbonyl (C=O) groups is 2. The zero-order valence-electron chi connectivity index (χ0n) is 16.4. The fourth-order valence-electron chi connectivity index (χ4n) is 3.71. The summed E-state index contributed by atoms with van der Waals surface area (Å²) in [7, 11) is 0. The van der Waals surface area contributed by atoms with Crippen molar-refractivity contribution in [2.45, 2.75) is 18.4 Å². The summed E-state index contributed by atoms with van der Waals surface area (Å²) in [5, 5.41) is 20.6. The highest BCUT2D eigenvalue weighted by Gasteiger charge is 2.29. The van der Waals surface area contributed by atoms with Crippen molar-refractivity contribution in [3.8, 4) is 17.2 Å². The van der Waals surface area contributed by atoms with Gasteiger partial charge in [0, 0.05) is 12.3 Å². The molecule has 0 spiro atoms. The van der Waals surface area contributed by atoms with E-state index in [1.807, 2.05) is 54.6 Å². The van der Waals surface area contributed by atoms with Gasteiger partial charge >= 0.3 is 12.1 Å². The molecule has 0 saturated carbocycles. The third kappa shape index (κ3) is 4.21. The smallest absolute Gasteiger partial charge is 0.407 e. The van der Waals surface area contributed by atoms with Gasteiger partial charge < -0.3 is 15.2 Å². The average molecular weight is 414 g/mol. The van der Waals surface area contributed by atoms with Gasteiger partial charge in [0.2, 0.25) is 0 Å². The second kappa shape index (κ2) is 8.63. The first kappa shape index (κ1) is 20.0. The van der Waals surface area contributed by atoms with Gasteiger partial charge in [0.1, 0.15) is 18.7 Å². The van der Waals surface area contributed by atoms with Crippen LogP contribution in [0.1, 0.15) is 28.4 Å². The molecule has 2 N–H and O–H groups in total. The number of ether oxygens (including phenoxy) is 1. The molecule has 0 radical (unpaired) electrons. The number of benzene rings is 2. The number of hydrogen-bond donors (Lipinski definition) is 2. The lowest BCUT2D eigenvalue weighted by molar-refractivity contribution is -0.139. The molecule has 1 heterocycles. The second-order valence-corrected chi connectivity index (χ2v) is 7.07. The number of carboxylic acid groups (broad SMARTS) is 1. The van der Waals surface area contributed by atoms with Crippen LogP contribution < -0.4 is 5.32 Å². The Kier molecular flexibility index (Phi) is 5.58. The van der Waals surface area contributed by atoms with Crippen LogP contribution in [-0.2, 0) is 16.0 Å². The largest absolute Gasteiger partial charge is 0.480 e. The first-order valence-corrected chi connectivity index (χ1v) is 9.62. The minimum atomic E-state index is -1.24. The summed E-state index contributed by atoms with van der Waals surface area (Å²) in [6.07, 6.45) is 1.66. The first-order valence-electron chi connectivity index (χ1n) is 9.62. The van der Waals surface area contributed by atoms with Crippen LogP contribution in [0.15, 0.2) is 60.9 Å². The van der Waals surface area contributed by atoms with E-state index in [4.69, 9.17) is 10.00 Å². The number of nitriles is 1. The molecule has 1 amide bonds. The predicted molar refractivity (Wildman–Crippen MR) is 110 cm³/mol. The van der Waals surface area contributed by atoms with Crippen molar-refractivity contribution in [3.63, 3.8) is 0 Å². The maximum Gasteiger partial charge on any atom is 0.407 e. The van der Waals surface area contributed by atoms with Gasteiger partial charge in [-0.2, -0.15) is 5.26 Å². The molecule has 31 heavy (non-hydrogen) atoms. The van der Waals surface area contributed by atoms with Crippen LogP contribution in [-0.4, -0.2) is 39.8 Å². The van der Waals surface area contributed by atoms with Crippen molar-refractivity contribution in [1.82, 2.24) is 15.3 Å². The minimum Gasteiger partial charge on any atom is -0.480 e. The Morgan fingerprint density at radius 1 is 1.06 bits per heavy atom. The van der Waals surface area contributed by atoms with Crippen molar-refractivity contribution >= 4 is 12.1 Å². The Labute approximate surface area is 178 Å². The molecule has 2 aromatic carbocycles. The molecule has 8 nitrogen and oxygen atoms in total. The molecule has 0 aliphatic heterocycles. The molecule has 0 bridgehead atoms. The predicted octanol–water partition coefficient (Wildman–Crippen LogP) is 2.88. The van der Waals surface area contributed by atoms with Crippen molar-refractivity contribution in [3.05, 3.63) is 83.4 Å². The molecule has 0 unspecified atom stereocenters. The van der Waals surface area contributed by atoms with Crippen LogP contribution in [0.4, 0.5) is 4.79 Å². The lowest BCUT2D eigenvalue weighted by atomic mass is 9.98. The number of alkyl carbamates (subject to hydrolysis) is 1. The van der Waals surface area contributed by atoms with Crippen LogP contribution in [0.5, 0.6) is 0 Å². The van der Waals surface area contributed by atoms with Crippen LogP contribution in [0, 0.1) is 11.3 Å². The van der Waals surface area contributed by atoms with E-state index >= 15 is 0 Å². The topological polar surface area (TPSA) is 125 Å². The SMILES string of the molecule is N#Cc1cnc(C[C@H](NC(=O)OCC2c3ccccc3-c3ccccc32)C(=O)O)cn1. The molecule has 3 aromatic rings. The van der Waals surface area contributed by atoms with E-state index in [2.05, 4.69) is 15.3 Å². The van der Waals surface area contributed by atoms with Crippen LogP contribution in [0.3, 0.4) is 0 Å². The number of rotatable bonds is 6. The van der Waals surface area contributed by atoms with E-state index in [-0.39, 0.29) is 24.6 Å². The summed E-state index contributed by atoms with van der Waals surface area (Å²) in [6, 6.07) is 16.5. The highest BCUT2D eigenvalue weighted by molar-refractivity contribution is 5.81. The molecular weight excluding hydrogens is 396 g/mol. The van der Waals surface area contributed by atoms with Gasteiger partial charge in [-0.3, -0.25) is 4.98 Å². The molecule has 1 atom stereocenters. The molecule has 1 aliphatic carbocycles. The normalized spacial score (nSPS) is 12.9. The third-order valence-corrected chi connectivity index (χ3v) is 5.17. The molecule has 1 aromatic heterocycles. The number of amides is 1. The van der Waals surface area contributed by atoms with Crippen LogP contribution in [0.2, 0.25) is 0 Å². The van der Waals surface area contributed by atoms with Crippen molar-refractivity contribution in [1.29, 1.82) is 5.26 Å². The monoisotopic (exact) mass is 414 g/mol. The molecule has 8 heteroatoms. The molecule has 1 aliphatic rings. The summed E-state index contributed by atoms with van der Waals surface area (Å²) in [5.41, 5.74) is 4.81. The first-order chi connectivity index (χ1) is 15.1. The second-order valence-electron chi connectivity index (χ2n) is 7.07. The number of aromatic nitrogens is 2. The Hall–Kier alpha value is -4.25. The van der Waals surface area contributed by atoms with Gasteiger partial charge in [-0.25, -0.2) is 14.6 Å². The van der Waals surface area contributed by atoms with Crippen LogP contribution in [0.25, 0.3) is 11.1 Å². The Bertz CT molecular complexity index is 1130. The maximum absolute atomic E-state index is 12.4. The Morgan fingerprint density at radius 2 is 1.71 bits per heavy atom. The van der Waals surface area contributed by atoms with Gasteiger partial charge in [0.15, 0.2) is 5.69 Å². The van der Waals surface area contributed by atoms with Gasteiger partial charge in [-0.1, -0.05) is 48.5 Å². The van der Waals surface area contributed by atoms with Crippen molar-refractivity contribution < 1.29 is 19.4 Å². The average Bonchev–Trinajstić information content (AvgIpc) is 3.11. The summed E-state index contributed by atoms with van der Waals surface area (Å²) >= 11 is 0. The minimum absolute atomic E-state index is 0.0851. The number of nitrogens with one attached hydrogen (secondary N) is 1. The van der Waals surface area contributed by atoms with Gasteiger partial charge in [-0.05, 0) is 22.3 Å². The lowest BCUT2D eigenvalue weighted by Gasteiger charge is -2.17. The molecule has 4 rings (SSSR count). The summed E-state index contributed by atoms with van der Waals surface area (Å²) < 4.78 is 5.40. The van der Waals surface area contributed by atoms with E-state index in [1.54, 1.807) is 0 Å². The number of aliphatic carboxylic acids is 1. The van der Waals surface area contributed by atoms with E-state index < -0.39 is 18.1 Å². The standard InChI is InChI=1S/C23H18N4O4/c24-10-15-12-25-14(11-26-15)9-21(22(28)29)27-23(30)31-13-20-18-7-3-1-5-16(18)17-6-2-4-8-19(17)20/h1-8,11-12,20-21H,9,13H2,(H,27,30)(H,28,29)/t21-/m0/s1. The summed E-state index contributed by atoms with van der Waals surface area (Å²) in [6.45, 7) is 0.0862. The Morgan fingerprint density at radius 3 is 2.26 bits per heavy atom. The highest BCUT2D eigenvalue weighted by atomic mass is 16.5. The van der Waals surface area contributed by atoms with Gasteiger partial charge in [0.25, 0.3) is 0 Å². The highest BCUT2D eigenvalue weighted by Crippen LogP contribution is 2.44. The van der Waals surface area contributed by atoms with E-state index in [1.165, 1.54) is 12.4 Å². The molecule has 0 saturated heterocycles. The number of nitrogens with zero attached hydrogens (tertiary/aromatic N) is 3. The zero-order valence-corrected chi connectivity index (χ0v) is 16.4. The van der Waals surface area contributed by atoms with E-state index in [0.29, 0.717) is 5.69 Å². The third-order valence-electron chi connectivity index (χ3n) is 5.17. The fraction of sp³-hybridized carbons (Fsp3) is 0.174. The summed E-state index contributed by atoms with van der Waals surface area (Å²) in [5.74, 6) is -1.34. The quantitative estimate of drug-likeness (QED) is 0.635. The Balaban J connectivity index is 1.42. The lowest BCUT2D eigenvalue weighted by Crippen LogP contribution is -2.43. The van der Waals surface area contributed by atoms with Crippen molar-refractivity contribution in [2.75, 3.05) is 6.61 Å². The number of fused-ring (bicyclic) bond motifs is 3. The summed E-state index contributed by atoms with van der Waals surface area (Å²) in [4.78, 5) is 31.8. The number of carbonyl (C=O) groups excluding carboxylic acids is 1.